The zero-order chi connectivity index (χ0) is 18.7. The molecule has 0 amide bonds. The maximum absolute atomic E-state index is 2.99. The van der Waals surface area contributed by atoms with Gasteiger partial charge in [0, 0.05) is 0 Å². The van der Waals surface area contributed by atoms with E-state index in [0.29, 0.717) is 0 Å². The number of hydrogen-bond acceptors (Lipinski definition) is 0. The summed E-state index contributed by atoms with van der Waals surface area (Å²) in [5.41, 5.74) is 7.27. The fourth-order valence-electron chi connectivity index (χ4n) is 3.76. The predicted octanol–water partition coefficient (Wildman–Crippen LogP) is 1.60. The number of rotatable bonds is 3. The molecule has 0 saturated carbocycles. The molecule has 0 spiro atoms. The molecule has 3 aromatic carbocycles. The average molecular weight is 505 g/mol. The number of fused-ring (bicyclic) bond motifs is 3. The van der Waals surface area contributed by atoms with Gasteiger partial charge in [-0.2, -0.15) is 6.08 Å². The van der Waals surface area contributed by atoms with Gasteiger partial charge in [0.25, 0.3) is 0 Å². The van der Waals surface area contributed by atoms with E-state index in [9.17, 15) is 0 Å². The largest absolute Gasteiger partial charge is 4.00 e. The minimum Gasteiger partial charge on any atom is -1.00 e. The minimum atomic E-state index is 0. The van der Waals surface area contributed by atoms with Crippen LogP contribution in [0.1, 0.15) is 54.0 Å². The molecule has 0 nitrogen and oxygen atoms in total. The predicted molar refractivity (Wildman–Crippen MR) is 116 cm³/mol. The Bertz CT molecular complexity index is 983. The van der Waals surface area contributed by atoms with Crippen molar-refractivity contribution in [3.8, 4) is 0 Å². The molecule has 0 atom stereocenters. The molecular formula is C26H30Cl2Zr. The first-order chi connectivity index (χ1) is 12.5. The van der Waals surface area contributed by atoms with Gasteiger partial charge in [-0.3, -0.25) is 6.08 Å². The normalized spacial score (nSPS) is 11.5. The second kappa shape index (κ2) is 12.8. The first-order valence-electron chi connectivity index (χ1n) is 9.84. The zero-order valence-corrected chi connectivity index (χ0v) is 22.1. The third-order valence-corrected chi connectivity index (χ3v) is 5.64. The van der Waals surface area contributed by atoms with Crippen LogP contribution in [0.3, 0.4) is 0 Å². The van der Waals surface area contributed by atoms with Gasteiger partial charge >= 0.3 is 26.2 Å². The molecule has 3 heteroatoms. The van der Waals surface area contributed by atoms with E-state index in [1.165, 1.54) is 63.1 Å². The van der Waals surface area contributed by atoms with Crippen LogP contribution in [-0.2, 0) is 32.6 Å². The van der Waals surface area contributed by atoms with Gasteiger partial charge in [-0.15, -0.1) is 45.7 Å². The Morgan fingerprint density at radius 1 is 0.931 bits per heavy atom. The summed E-state index contributed by atoms with van der Waals surface area (Å²) < 4.78 is 0. The average Bonchev–Trinajstić information content (AvgIpc) is 3.29. The van der Waals surface area contributed by atoms with E-state index < -0.39 is 0 Å². The van der Waals surface area contributed by atoms with Gasteiger partial charge in [0.15, 0.2) is 0 Å². The van der Waals surface area contributed by atoms with Crippen molar-refractivity contribution in [3.05, 3.63) is 76.4 Å². The molecule has 0 heterocycles. The van der Waals surface area contributed by atoms with Gasteiger partial charge in [0.1, 0.15) is 0 Å². The van der Waals surface area contributed by atoms with Crippen molar-refractivity contribution in [1.82, 2.24) is 0 Å². The van der Waals surface area contributed by atoms with Crippen LogP contribution in [0, 0.1) is 33.8 Å². The first kappa shape index (κ1) is 28.3. The molecule has 0 unspecified atom stereocenters. The fraction of sp³-hybridized carbons (Fsp3) is 0.346. The molecule has 1 aliphatic rings. The number of hydrogen-bond donors (Lipinski definition) is 0. The summed E-state index contributed by atoms with van der Waals surface area (Å²) in [6.07, 6.45) is 13.7. The Balaban J connectivity index is 0.000000863. The molecule has 3 aromatic rings. The van der Waals surface area contributed by atoms with E-state index in [1.807, 2.05) is 12.2 Å². The van der Waals surface area contributed by atoms with Crippen LogP contribution in [0.5, 0.6) is 0 Å². The Hall–Kier alpha value is -0.747. The minimum absolute atomic E-state index is 0. The molecule has 29 heavy (non-hydrogen) atoms. The third-order valence-electron chi connectivity index (χ3n) is 5.64. The van der Waals surface area contributed by atoms with Crippen LogP contribution < -0.4 is 24.8 Å². The van der Waals surface area contributed by atoms with Gasteiger partial charge in [0.05, 0.1) is 0 Å². The molecule has 0 radical (unpaired) electrons. The maximum atomic E-state index is 2.99. The second-order valence-corrected chi connectivity index (χ2v) is 7.53. The van der Waals surface area contributed by atoms with Gasteiger partial charge in [-0.1, -0.05) is 60.6 Å². The number of halogens is 2. The standard InChI is InChI=1S/C21H25.C5H5.2ClH.Zr/c1-6-7-8-18-16(5)15(4)11-20-19-10-14(3)13(2)9-17(19)12-21(18)20;1-2-4-5-3-1;;;/h9-12H,6-8H2,1-5H3;1-3H,4H2;2*1H;/q2*-1;;;+4/p-2. The smallest absolute Gasteiger partial charge is 1.00 e. The Kier molecular flexibility index (Phi) is 12.5. The molecule has 0 bridgehead atoms. The first-order valence-corrected chi connectivity index (χ1v) is 9.84. The number of unbranched alkanes of at least 4 members (excludes halogenated alkanes) is 1. The van der Waals surface area contributed by atoms with Crippen LogP contribution in [0.2, 0.25) is 0 Å². The third kappa shape index (κ3) is 6.37. The van der Waals surface area contributed by atoms with E-state index in [-0.39, 0.29) is 51.0 Å². The number of aryl methyl sites for hydroxylation is 4. The van der Waals surface area contributed by atoms with Crippen molar-refractivity contribution in [2.24, 2.45) is 0 Å². The number of allylic oxidation sites excluding steroid dienone is 4. The van der Waals surface area contributed by atoms with Crippen LogP contribution in [0.4, 0.5) is 0 Å². The van der Waals surface area contributed by atoms with Gasteiger partial charge in [0.2, 0.25) is 0 Å². The molecule has 152 valence electrons. The van der Waals surface area contributed by atoms with E-state index >= 15 is 0 Å². The maximum Gasteiger partial charge on any atom is 4.00 e. The van der Waals surface area contributed by atoms with E-state index in [4.69, 9.17) is 0 Å². The summed E-state index contributed by atoms with van der Waals surface area (Å²) in [7, 11) is 0. The van der Waals surface area contributed by atoms with Crippen LogP contribution >= 0.6 is 0 Å². The molecule has 1 aliphatic carbocycles. The van der Waals surface area contributed by atoms with E-state index in [2.05, 4.69) is 71.0 Å². The van der Waals surface area contributed by atoms with Gasteiger partial charge < -0.3 is 24.8 Å². The molecule has 4 rings (SSSR count). The molecule has 0 aromatic heterocycles. The van der Waals surface area contributed by atoms with Crippen molar-refractivity contribution in [3.63, 3.8) is 0 Å². The van der Waals surface area contributed by atoms with Crippen molar-refractivity contribution < 1.29 is 51.0 Å². The number of benzene rings is 2. The monoisotopic (exact) mass is 502 g/mol. The van der Waals surface area contributed by atoms with Crippen molar-refractivity contribution in [2.75, 3.05) is 0 Å². The SMILES string of the molecule is CCCCc1c(C)c(C)cc2c1[cH-]c1cc(C)c(C)cc12.[C-]1=CC=CC1.[Cl-].[Cl-].[Zr+4]. The molecule has 0 aliphatic heterocycles. The Labute approximate surface area is 208 Å². The summed E-state index contributed by atoms with van der Waals surface area (Å²) in [5, 5.41) is 5.75. The Morgan fingerprint density at radius 2 is 1.59 bits per heavy atom. The topological polar surface area (TPSA) is 0 Å². The van der Waals surface area contributed by atoms with Crippen LogP contribution in [-0.4, -0.2) is 0 Å². The second-order valence-electron chi connectivity index (χ2n) is 7.53. The zero-order valence-electron chi connectivity index (χ0n) is 18.1. The summed E-state index contributed by atoms with van der Waals surface area (Å²) in [6, 6.07) is 9.51. The fourth-order valence-corrected chi connectivity index (χ4v) is 3.76. The van der Waals surface area contributed by atoms with Crippen LogP contribution in [0.15, 0.2) is 42.5 Å². The quantitative estimate of drug-likeness (QED) is 0.476. The van der Waals surface area contributed by atoms with E-state index in [0.717, 1.165) is 6.42 Å². The summed E-state index contributed by atoms with van der Waals surface area (Å²) in [4.78, 5) is 0. The summed E-state index contributed by atoms with van der Waals surface area (Å²) in [5.74, 6) is 0. The van der Waals surface area contributed by atoms with Crippen molar-refractivity contribution in [1.29, 1.82) is 0 Å². The van der Waals surface area contributed by atoms with E-state index in [1.54, 1.807) is 5.56 Å². The summed E-state index contributed by atoms with van der Waals surface area (Å²) in [6.45, 7) is 11.2. The summed E-state index contributed by atoms with van der Waals surface area (Å²) >= 11 is 0. The van der Waals surface area contributed by atoms with Gasteiger partial charge in [-0.25, -0.2) is 12.2 Å². The molecule has 0 fully saturated rings. The van der Waals surface area contributed by atoms with Crippen LogP contribution in [0.25, 0.3) is 21.5 Å². The van der Waals surface area contributed by atoms with Gasteiger partial charge in [-0.05, 0) is 27.7 Å². The van der Waals surface area contributed by atoms with Crippen molar-refractivity contribution >= 4 is 21.5 Å². The Morgan fingerprint density at radius 3 is 2.14 bits per heavy atom. The van der Waals surface area contributed by atoms with Crippen molar-refractivity contribution in [2.45, 2.75) is 60.3 Å². The molecule has 0 N–H and O–H groups in total. The molecule has 0 saturated heterocycles. The molecular weight excluding hydrogens is 474 g/mol.